The lowest BCUT2D eigenvalue weighted by Crippen LogP contribution is -2.73. The van der Waals surface area contributed by atoms with Gasteiger partial charge in [0.1, 0.15) is 5.54 Å². The van der Waals surface area contributed by atoms with Gasteiger partial charge in [-0.25, -0.2) is 4.99 Å². The maximum Gasteiger partial charge on any atom is 0.255 e. The summed E-state index contributed by atoms with van der Waals surface area (Å²) in [7, 11) is 0. The van der Waals surface area contributed by atoms with Crippen molar-refractivity contribution in [2.75, 3.05) is 0 Å². The van der Waals surface area contributed by atoms with E-state index in [-0.39, 0.29) is 17.4 Å². The molecule has 0 aromatic carbocycles. The van der Waals surface area contributed by atoms with Gasteiger partial charge in [-0.15, -0.1) is 0 Å². The first kappa shape index (κ1) is 11.6. The Hall–Kier alpha value is -2.53. The highest BCUT2D eigenvalue weighted by atomic mass is 16.2. The molecule has 0 aromatic heterocycles. The van der Waals surface area contributed by atoms with E-state index in [9.17, 15) is 14.4 Å². The van der Waals surface area contributed by atoms with Crippen molar-refractivity contribution in [2.45, 2.75) is 18.4 Å². The minimum Gasteiger partial charge on any atom is -0.337 e. The number of nitrogens with zero attached hydrogens (tertiary/aromatic N) is 2. The molecular formula is C12H10N4O3. The zero-order valence-electron chi connectivity index (χ0n) is 9.84. The van der Waals surface area contributed by atoms with Crippen LogP contribution >= 0.6 is 0 Å². The van der Waals surface area contributed by atoms with Crippen LogP contribution in [0.15, 0.2) is 28.0 Å². The third kappa shape index (κ3) is 1.80. The Morgan fingerprint density at radius 3 is 3.00 bits per heavy atom. The maximum atomic E-state index is 12.0. The molecule has 3 amide bonds. The van der Waals surface area contributed by atoms with Crippen molar-refractivity contribution < 1.29 is 14.4 Å². The third-order valence-corrected chi connectivity index (χ3v) is 3.47. The first-order valence-electron chi connectivity index (χ1n) is 5.79. The summed E-state index contributed by atoms with van der Waals surface area (Å²) in [4.78, 5) is 42.7. The number of nitrogens with one attached hydrogen (secondary N) is 2. The first-order chi connectivity index (χ1) is 9.11. The Balaban J connectivity index is 1.75. The Bertz CT molecular complexity index is 604. The number of hydrogen-bond acceptors (Lipinski definition) is 5. The van der Waals surface area contributed by atoms with Crippen molar-refractivity contribution in [3.63, 3.8) is 0 Å². The summed E-state index contributed by atoms with van der Waals surface area (Å²) >= 11 is 0. The first-order valence-corrected chi connectivity index (χ1v) is 5.79. The van der Waals surface area contributed by atoms with Crippen molar-refractivity contribution in [1.82, 2.24) is 10.6 Å². The highest BCUT2D eigenvalue weighted by molar-refractivity contribution is 6.15. The number of carbonyl (C=O) groups excluding carboxylic acids is 3. The Morgan fingerprint density at radius 1 is 1.47 bits per heavy atom. The van der Waals surface area contributed by atoms with Gasteiger partial charge in [0.05, 0.1) is 18.0 Å². The van der Waals surface area contributed by atoms with Crippen LogP contribution in [-0.2, 0) is 14.4 Å². The maximum absolute atomic E-state index is 12.0. The molecule has 4 rings (SSSR count). The molecule has 4 aliphatic rings. The Morgan fingerprint density at radius 2 is 2.26 bits per heavy atom. The number of imide groups is 1. The van der Waals surface area contributed by atoms with Gasteiger partial charge in [0.15, 0.2) is 0 Å². The lowest BCUT2D eigenvalue weighted by atomic mass is 9.64. The molecule has 0 unspecified atom stereocenters. The summed E-state index contributed by atoms with van der Waals surface area (Å²) in [5.41, 5.74) is -0.725. The van der Waals surface area contributed by atoms with Crippen molar-refractivity contribution in [3.8, 4) is 0 Å². The van der Waals surface area contributed by atoms with Gasteiger partial charge in [-0.1, -0.05) is 0 Å². The van der Waals surface area contributed by atoms with Gasteiger partial charge in [0.2, 0.25) is 5.91 Å². The third-order valence-electron chi connectivity index (χ3n) is 3.47. The van der Waals surface area contributed by atoms with Gasteiger partial charge in [-0.05, 0) is 12.8 Å². The molecule has 96 valence electrons. The topological polar surface area (TPSA) is 100.0 Å². The molecule has 0 atom stereocenters. The van der Waals surface area contributed by atoms with E-state index in [4.69, 9.17) is 0 Å². The molecule has 0 aromatic rings. The van der Waals surface area contributed by atoms with Crippen LogP contribution in [0.4, 0.5) is 0 Å². The summed E-state index contributed by atoms with van der Waals surface area (Å²) in [5, 5.41) is 4.92. The molecule has 1 saturated carbocycles. The minimum absolute atomic E-state index is 0.186. The number of piperidine rings is 2. The number of rotatable bonds is 2. The van der Waals surface area contributed by atoms with E-state index in [2.05, 4.69) is 26.5 Å². The molecule has 3 aliphatic heterocycles. The quantitative estimate of drug-likeness (QED) is 0.625. The van der Waals surface area contributed by atoms with Crippen LogP contribution in [0.1, 0.15) is 12.8 Å². The standard InChI is InChI=1S/C12H10N4O3/c17-9-7-3-12(4-7,11(19)15-9)16-10(18)8-5-13-1-2-14-6-8/h1,5-7H,3-4H2,(H,16,18)(H,15,17,19). The zero-order chi connectivity index (χ0) is 13.5. The fraction of sp³-hybridized carbons (Fsp3) is 0.333. The van der Waals surface area contributed by atoms with Crippen LogP contribution in [0.25, 0.3) is 0 Å². The smallest absolute Gasteiger partial charge is 0.255 e. The number of carbonyl (C=O) groups is 3. The predicted molar refractivity (Wildman–Crippen MR) is 65.3 cm³/mol. The van der Waals surface area contributed by atoms with Crippen molar-refractivity contribution in [3.05, 3.63) is 18.0 Å². The van der Waals surface area contributed by atoms with Crippen molar-refractivity contribution in [2.24, 2.45) is 15.9 Å². The number of fused-ring (bicyclic) bond motifs is 2. The number of aliphatic imine (C=N–C) groups is 2. The summed E-state index contributed by atoms with van der Waals surface area (Å²) in [6.07, 6.45) is 4.71. The molecule has 0 spiro atoms. The average Bonchev–Trinajstić information content (AvgIpc) is 2.59. The monoisotopic (exact) mass is 258 g/mol. The molecule has 2 bridgehead atoms. The van der Waals surface area contributed by atoms with Gasteiger partial charge in [-0.3, -0.25) is 24.7 Å². The average molecular weight is 258 g/mol. The summed E-state index contributed by atoms with van der Waals surface area (Å²) in [6, 6.07) is 0. The molecule has 1 aliphatic carbocycles. The van der Waals surface area contributed by atoms with Gasteiger partial charge in [0, 0.05) is 18.0 Å². The fourth-order valence-electron chi connectivity index (χ4n) is 2.38. The summed E-state index contributed by atoms with van der Waals surface area (Å²) < 4.78 is 0. The second-order valence-electron chi connectivity index (χ2n) is 4.71. The van der Waals surface area contributed by atoms with Gasteiger partial charge >= 0.3 is 0 Å². The van der Waals surface area contributed by atoms with Crippen LogP contribution in [-0.4, -0.2) is 35.3 Å². The van der Waals surface area contributed by atoms with Gasteiger partial charge in [0.25, 0.3) is 11.8 Å². The Kier molecular flexibility index (Phi) is 2.43. The van der Waals surface area contributed by atoms with Crippen LogP contribution < -0.4 is 10.6 Å². The van der Waals surface area contributed by atoms with E-state index < -0.39 is 17.4 Å². The fourth-order valence-corrected chi connectivity index (χ4v) is 2.38. The lowest BCUT2D eigenvalue weighted by molar-refractivity contribution is -0.154. The molecular weight excluding hydrogens is 248 g/mol. The molecule has 0 radical (unpaired) electrons. The molecule has 3 heterocycles. The van der Waals surface area contributed by atoms with Crippen LogP contribution in [0, 0.1) is 5.92 Å². The van der Waals surface area contributed by atoms with Crippen molar-refractivity contribution >= 4 is 29.8 Å². The summed E-state index contributed by atoms with van der Waals surface area (Å²) in [5.74, 6) is 1.17. The molecule has 2 N–H and O–H groups in total. The Labute approximate surface area is 108 Å². The second-order valence-corrected chi connectivity index (χ2v) is 4.71. The highest BCUT2D eigenvalue weighted by Gasteiger charge is 2.58. The minimum atomic E-state index is -0.964. The largest absolute Gasteiger partial charge is 0.337 e. The zero-order valence-corrected chi connectivity index (χ0v) is 9.84. The van der Waals surface area contributed by atoms with Gasteiger partial charge in [-0.2, -0.15) is 0 Å². The normalized spacial score (nSPS) is 31.2. The molecule has 2 saturated heterocycles. The van der Waals surface area contributed by atoms with Gasteiger partial charge < -0.3 is 5.32 Å². The lowest BCUT2D eigenvalue weighted by Gasteiger charge is -2.49. The van der Waals surface area contributed by atoms with Crippen LogP contribution in [0.5, 0.6) is 0 Å². The highest BCUT2D eigenvalue weighted by Crippen LogP contribution is 2.41. The van der Waals surface area contributed by atoms with Crippen LogP contribution in [0.2, 0.25) is 0 Å². The summed E-state index contributed by atoms with van der Waals surface area (Å²) in [6.45, 7) is 0. The van der Waals surface area contributed by atoms with Crippen LogP contribution in [0.3, 0.4) is 0 Å². The van der Waals surface area contributed by atoms with Crippen molar-refractivity contribution in [1.29, 1.82) is 0 Å². The van der Waals surface area contributed by atoms with E-state index in [0.717, 1.165) is 0 Å². The van der Waals surface area contributed by atoms with E-state index in [1.165, 1.54) is 18.6 Å². The predicted octanol–water partition coefficient (Wildman–Crippen LogP) is -0.940. The molecule has 3 fully saturated rings. The molecule has 19 heavy (non-hydrogen) atoms. The van der Waals surface area contributed by atoms with E-state index in [0.29, 0.717) is 12.8 Å². The number of amides is 3. The van der Waals surface area contributed by atoms with E-state index in [1.54, 1.807) is 0 Å². The molecule has 7 nitrogen and oxygen atoms in total. The molecule has 7 heteroatoms. The van der Waals surface area contributed by atoms with E-state index >= 15 is 0 Å². The van der Waals surface area contributed by atoms with E-state index in [1.807, 2.05) is 0 Å². The SMILES string of the molecule is O=C(NC12CC(C1)C(=O)NC2=O)C1=CN=C=CN=C1. The number of hydrogen-bond donors (Lipinski definition) is 2. The second kappa shape index (κ2) is 4.00.